The fraction of sp³-hybridized carbons (Fsp3) is 0.286. The standard InChI is InChI=1S/2C14H18N4.3ClHO4.2Mn.6H2O.2O/c2*1-3-7-17-13(5-1)11-15-9-10-16-12-14-6-2-4-8-18-14;3*2-1(3,4)5;;;;;;;;;;/h2*1-8,15-16H,9-12H2;3*(H,2,3,4,5);;;6*1H2;;/q;;;;;;+3;;;;;;;2*-2/p-3. The van der Waals surface area contributed by atoms with Crippen molar-refractivity contribution in [1.29, 1.82) is 0 Å². The van der Waals surface area contributed by atoms with Gasteiger partial charge in [-0.2, -0.15) is 0 Å². The van der Waals surface area contributed by atoms with Crippen LogP contribution >= 0.6 is 0 Å². The molecule has 0 aliphatic rings. The van der Waals surface area contributed by atoms with Crippen LogP contribution in [-0.2, 0) is 71.3 Å². The fourth-order valence-corrected chi connectivity index (χ4v) is 3.23. The molecule has 4 aromatic rings. The number of rotatable bonds is 14. The summed E-state index contributed by atoms with van der Waals surface area (Å²) in [6.07, 6.45) is 7.26. The van der Waals surface area contributed by atoms with Gasteiger partial charge in [-0.15, -0.1) is 30.7 Å². The van der Waals surface area contributed by atoms with Gasteiger partial charge >= 0.3 is 17.1 Å². The Kier molecular flexibility index (Phi) is 73.0. The van der Waals surface area contributed by atoms with E-state index in [-0.39, 0.29) is 77.9 Å². The van der Waals surface area contributed by atoms with Crippen molar-refractivity contribution in [3.8, 4) is 0 Å². The number of hydrogen-bond acceptors (Lipinski definition) is 20. The Bertz CT molecular complexity index is 1160. The molecule has 0 saturated carbocycles. The number of hydrogen-bond donors (Lipinski definition) is 4. The molecule has 0 spiro atoms. The summed E-state index contributed by atoms with van der Waals surface area (Å²) >= 11 is 0. The summed E-state index contributed by atoms with van der Waals surface area (Å²) in [6, 6.07) is 23.8. The van der Waals surface area contributed by atoms with Crippen molar-refractivity contribution < 1.29 is 165 Å². The first-order valence-electron chi connectivity index (χ1n) is 14.2. The van der Waals surface area contributed by atoms with Crippen molar-refractivity contribution in [2.45, 2.75) is 26.2 Å². The van der Waals surface area contributed by atoms with Gasteiger partial charge in [-0.1, -0.05) is 24.3 Å². The third-order valence-corrected chi connectivity index (χ3v) is 5.09. The summed E-state index contributed by atoms with van der Waals surface area (Å²) in [5, 5.41) is 13.4. The maximum absolute atomic E-state index is 8.49. The molecule has 4 heterocycles. The maximum atomic E-state index is 8.49. The summed E-state index contributed by atoms with van der Waals surface area (Å²) in [7, 11) is -14.8. The van der Waals surface area contributed by atoms with Crippen LogP contribution in [0.3, 0.4) is 0 Å². The average Bonchev–Trinajstić information content (AvgIpc) is 3.04. The van der Waals surface area contributed by atoms with Gasteiger partial charge in [0.1, 0.15) is 0 Å². The first-order chi connectivity index (χ1) is 23.9. The average molecular weight is 1030 g/mol. The maximum Gasteiger partial charge on any atom is 3.00 e. The number of nitrogens with zero attached hydrogens (tertiary/aromatic N) is 4. The molecule has 0 aliphatic heterocycles. The van der Waals surface area contributed by atoms with E-state index in [1.165, 1.54) is 0 Å². The SMILES string of the molecule is O.O.O.O.O.O.[Mn+3].[Mn].[O-2].[O-2].[O-][Cl+3]([O-])([O-])[O-].[O-][Cl+3]([O-])([O-])[O-].[O-][Cl+3]([O-])([O-])[O-].c1ccc(CNCCNCc2ccccn2)nc1.c1ccc(CNCCNCc2ccccn2)nc1. The molecule has 4 aromatic heterocycles. The molecule has 0 unspecified atom stereocenters. The summed E-state index contributed by atoms with van der Waals surface area (Å²) in [5.74, 6) is 0. The molecule has 0 amide bonds. The van der Waals surface area contributed by atoms with E-state index in [2.05, 4.69) is 41.2 Å². The Morgan fingerprint density at radius 1 is 0.344 bits per heavy atom. The van der Waals surface area contributed by atoms with Gasteiger partial charge in [-0.05, 0) is 48.5 Å². The quantitative estimate of drug-likeness (QED) is 0.0673. The molecule has 4 rings (SSSR count). The normalized spacial score (nSPS) is 9.11. The van der Waals surface area contributed by atoms with Crippen molar-refractivity contribution in [1.82, 2.24) is 41.2 Å². The summed E-state index contributed by atoms with van der Waals surface area (Å²) in [6.45, 7) is 6.93. The first-order valence-corrected chi connectivity index (χ1v) is 17.9. The van der Waals surface area contributed by atoms with Crippen molar-refractivity contribution >= 4 is 0 Å². The molecule has 16 N–H and O–H groups in total. The molecule has 0 aromatic carbocycles. The van der Waals surface area contributed by atoms with Gasteiger partial charge < -0.3 is 65.1 Å². The molecule has 0 saturated heterocycles. The summed E-state index contributed by atoms with van der Waals surface area (Å²) in [4.78, 5) is 17.0. The molecule has 0 atom stereocenters. The van der Waals surface area contributed by atoms with E-state index in [0.717, 1.165) is 75.1 Å². The van der Waals surface area contributed by atoms with Crippen molar-refractivity contribution in [3.63, 3.8) is 0 Å². The van der Waals surface area contributed by atoms with Crippen LogP contribution < -0.4 is 77.2 Å². The third-order valence-electron chi connectivity index (χ3n) is 5.09. The van der Waals surface area contributed by atoms with E-state index < -0.39 is 30.7 Å². The zero-order valence-electron chi connectivity index (χ0n) is 31.3. The number of aromatic nitrogens is 4. The Hall–Kier alpha value is -2.45. The summed E-state index contributed by atoms with van der Waals surface area (Å²) < 4.78 is 102. The predicted octanol–water partition coefficient (Wildman–Crippen LogP) is -16.7. The topological polar surface area (TPSA) is 622 Å². The summed E-state index contributed by atoms with van der Waals surface area (Å²) in [5.41, 5.74) is 4.29. The van der Waals surface area contributed by atoms with Gasteiger partial charge in [0.15, 0.2) is 0 Å². The molecule has 0 aliphatic carbocycles. The van der Waals surface area contributed by atoms with Crippen LogP contribution in [0.15, 0.2) is 97.6 Å². The minimum absolute atomic E-state index is 0. The predicted molar refractivity (Wildman–Crippen MR) is 167 cm³/mol. The van der Waals surface area contributed by atoms with E-state index >= 15 is 0 Å². The van der Waals surface area contributed by atoms with Gasteiger partial charge in [0.25, 0.3) is 0 Å². The largest absolute Gasteiger partial charge is 3.00 e. The number of halogens is 3. The third kappa shape index (κ3) is 78.5. The number of nitrogens with one attached hydrogen (secondary N) is 4. The molecular formula is C28H48Cl3Mn2N8O20-4. The van der Waals surface area contributed by atoms with E-state index in [4.69, 9.17) is 55.9 Å². The van der Waals surface area contributed by atoms with Gasteiger partial charge in [0.2, 0.25) is 0 Å². The second-order valence-electron chi connectivity index (χ2n) is 9.13. The van der Waals surface area contributed by atoms with Crippen LogP contribution in [0.2, 0.25) is 0 Å². The molecule has 28 nitrogen and oxygen atoms in total. The van der Waals surface area contributed by atoms with Gasteiger partial charge in [0.05, 0.1) is 22.8 Å². The monoisotopic (exact) mass is 1030 g/mol. The van der Waals surface area contributed by atoms with Gasteiger partial charge in [0, 0.05) is 94.2 Å². The van der Waals surface area contributed by atoms with E-state index in [0.29, 0.717) is 0 Å². The van der Waals surface area contributed by atoms with Crippen LogP contribution in [0.1, 0.15) is 22.8 Å². The molecule has 0 bridgehead atoms. The van der Waals surface area contributed by atoms with E-state index in [9.17, 15) is 0 Å². The molecule has 0 fully saturated rings. The van der Waals surface area contributed by atoms with Crippen LogP contribution in [-0.4, -0.2) is 79.0 Å². The molecular weight excluding hydrogens is 985 g/mol. The molecule has 61 heavy (non-hydrogen) atoms. The van der Waals surface area contributed by atoms with E-state index in [1.54, 1.807) is 0 Å². The van der Waals surface area contributed by atoms with Crippen LogP contribution in [0.4, 0.5) is 0 Å². The van der Waals surface area contributed by atoms with Gasteiger partial charge in [-0.25, -0.2) is 55.9 Å². The van der Waals surface area contributed by atoms with Crippen molar-refractivity contribution in [2.75, 3.05) is 26.2 Å². The Balaban J connectivity index is -0.0000000610. The molecule has 359 valence electrons. The smallest absolute Gasteiger partial charge is 2.00 e. The molecule has 33 heteroatoms. The van der Waals surface area contributed by atoms with Crippen LogP contribution in [0.5, 0.6) is 0 Å². The zero-order chi connectivity index (χ0) is 38.4. The minimum Gasteiger partial charge on any atom is -2.00 e. The second kappa shape index (κ2) is 51.9. The first kappa shape index (κ1) is 85.8. The van der Waals surface area contributed by atoms with Crippen molar-refractivity contribution in [3.05, 3.63) is 120 Å². The fourth-order valence-electron chi connectivity index (χ4n) is 3.23. The van der Waals surface area contributed by atoms with Gasteiger partial charge in [-0.3, -0.25) is 19.9 Å². The number of pyridine rings is 4. The molecule has 1 radical (unpaired) electrons. The Morgan fingerprint density at radius 3 is 0.607 bits per heavy atom. The van der Waals surface area contributed by atoms with Crippen molar-refractivity contribution in [2.24, 2.45) is 0 Å². The van der Waals surface area contributed by atoms with Crippen LogP contribution in [0.25, 0.3) is 0 Å². The Labute approximate surface area is 377 Å². The van der Waals surface area contributed by atoms with E-state index in [1.807, 2.05) is 97.6 Å². The van der Waals surface area contributed by atoms with Crippen LogP contribution in [0, 0.1) is 30.7 Å². The second-order valence-corrected chi connectivity index (χ2v) is 11.4. The zero-order valence-corrected chi connectivity index (χ0v) is 35.9. The minimum atomic E-state index is -4.94. The Morgan fingerprint density at radius 2 is 0.492 bits per heavy atom.